The lowest BCUT2D eigenvalue weighted by Crippen LogP contribution is -2.02. The van der Waals surface area contributed by atoms with Gasteiger partial charge >= 0.3 is 0 Å². The molecule has 0 spiro atoms. The number of pyridine rings is 1. The number of hydrogen-bond donors (Lipinski definition) is 0. The Balaban J connectivity index is 2.19. The first-order valence-electron chi connectivity index (χ1n) is 6.11. The third kappa shape index (κ3) is 1.93. The predicted molar refractivity (Wildman–Crippen MR) is 73.4 cm³/mol. The van der Waals surface area contributed by atoms with Crippen molar-refractivity contribution in [3.05, 3.63) is 65.4 Å². The summed E-state index contributed by atoms with van der Waals surface area (Å²) in [5.74, 6) is 1.38. The SMILES string of the molecule is Cc1cc(C(=O)c2cccc3ccncc23)c(C)o1. The van der Waals surface area contributed by atoms with Crippen molar-refractivity contribution in [2.75, 3.05) is 0 Å². The third-order valence-electron chi connectivity index (χ3n) is 3.21. The van der Waals surface area contributed by atoms with Gasteiger partial charge in [-0.2, -0.15) is 0 Å². The van der Waals surface area contributed by atoms with E-state index in [1.165, 1.54) is 0 Å². The summed E-state index contributed by atoms with van der Waals surface area (Å²) >= 11 is 0. The molecule has 3 nitrogen and oxygen atoms in total. The van der Waals surface area contributed by atoms with E-state index in [4.69, 9.17) is 4.42 Å². The van der Waals surface area contributed by atoms with E-state index >= 15 is 0 Å². The number of hydrogen-bond acceptors (Lipinski definition) is 3. The average Bonchev–Trinajstić information content (AvgIpc) is 2.76. The first kappa shape index (κ1) is 11.7. The minimum Gasteiger partial charge on any atom is -0.466 e. The van der Waals surface area contributed by atoms with Gasteiger partial charge in [0.2, 0.25) is 0 Å². The van der Waals surface area contributed by atoms with Crippen LogP contribution in [0.2, 0.25) is 0 Å². The van der Waals surface area contributed by atoms with E-state index < -0.39 is 0 Å². The normalized spacial score (nSPS) is 10.8. The fraction of sp³-hybridized carbons (Fsp3) is 0.125. The Morgan fingerprint density at radius 3 is 2.74 bits per heavy atom. The molecular formula is C16H13NO2. The Kier molecular flexibility index (Phi) is 2.67. The van der Waals surface area contributed by atoms with E-state index in [0.717, 1.165) is 16.5 Å². The van der Waals surface area contributed by atoms with E-state index in [1.807, 2.05) is 38.1 Å². The lowest BCUT2D eigenvalue weighted by Gasteiger charge is -2.04. The molecule has 0 amide bonds. The highest BCUT2D eigenvalue weighted by Gasteiger charge is 2.17. The molecule has 0 radical (unpaired) electrons. The molecule has 0 fully saturated rings. The largest absolute Gasteiger partial charge is 0.466 e. The van der Waals surface area contributed by atoms with Crippen LogP contribution < -0.4 is 0 Å². The summed E-state index contributed by atoms with van der Waals surface area (Å²) < 4.78 is 5.43. The molecule has 3 aromatic rings. The maximum absolute atomic E-state index is 12.6. The van der Waals surface area contributed by atoms with E-state index in [9.17, 15) is 4.79 Å². The van der Waals surface area contributed by atoms with Crippen LogP contribution in [0.15, 0.2) is 47.1 Å². The Labute approximate surface area is 110 Å². The molecule has 0 bridgehead atoms. The Hall–Kier alpha value is -2.42. The molecule has 0 atom stereocenters. The van der Waals surface area contributed by atoms with Crippen molar-refractivity contribution in [2.24, 2.45) is 0 Å². The average molecular weight is 251 g/mol. The highest BCUT2D eigenvalue weighted by atomic mass is 16.3. The van der Waals surface area contributed by atoms with Gasteiger partial charge in [0, 0.05) is 23.3 Å². The molecule has 94 valence electrons. The number of furan rings is 1. The number of aryl methyl sites for hydroxylation is 2. The predicted octanol–water partition coefficient (Wildman–Crippen LogP) is 3.68. The van der Waals surface area contributed by atoms with Gasteiger partial charge < -0.3 is 4.42 Å². The first-order valence-corrected chi connectivity index (χ1v) is 6.11. The summed E-state index contributed by atoms with van der Waals surface area (Å²) in [6, 6.07) is 9.37. The molecule has 0 saturated carbocycles. The Bertz CT molecular complexity index is 766. The molecule has 0 saturated heterocycles. The van der Waals surface area contributed by atoms with Crippen LogP contribution in [-0.4, -0.2) is 10.8 Å². The second-order valence-electron chi connectivity index (χ2n) is 4.56. The molecule has 0 N–H and O–H groups in total. The second kappa shape index (κ2) is 4.35. The number of rotatable bonds is 2. The molecule has 1 aromatic carbocycles. The molecule has 2 heterocycles. The van der Waals surface area contributed by atoms with Crippen molar-refractivity contribution in [1.29, 1.82) is 0 Å². The number of fused-ring (bicyclic) bond motifs is 1. The van der Waals surface area contributed by atoms with Crippen molar-refractivity contribution in [1.82, 2.24) is 4.98 Å². The number of nitrogens with zero attached hydrogens (tertiary/aromatic N) is 1. The standard InChI is InChI=1S/C16H13NO2/c1-10-8-14(11(2)19-10)16(18)13-5-3-4-12-6-7-17-9-15(12)13/h3-9H,1-2H3. The van der Waals surface area contributed by atoms with Crippen LogP contribution in [0.4, 0.5) is 0 Å². The number of carbonyl (C=O) groups is 1. The third-order valence-corrected chi connectivity index (χ3v) is 3.21. The number of carbonyl (C=O) groups excluding carboxylic acids is 1. The van der Waals surface area contributed by atoms with Crippen LogP contribution in [0, 0.1) is 13.8 Å². The lowest BCUT2D eigenvalue weighted by atomic mass is 9.99. The Morgan fingerprint density at radius 1 is 1.16 bits per heavy atom. The molecular weight excluding hydrogens is 238 g/mol. The van der Waals surface area contributed by atoms with Crippen LogP contribution in [0.25, 0.3) is 10.8 Å². The molecule has 2 aromatic heterocycles. The first-order chi connectivity index (χ1) is 9.16. The van der Waals surface area contributed by atoms with Gasteiger partial charge in [-0.25, -0.2) is 0 Å². The molecule has 19 heavy (non-hydrogen) atoms. The lowest BCUT2D eigenvalue weighted by molar-refractivity contribution is 0.103. The molecule has 0 aliphatic rings. The maximum Gasteiger partial charge on any atom is 0.197 e. The zero-order chi connectivity index (χ0) is 13.4. The van der Waals surface area contributed by atoms with Gasteiger partial charge in [0.25, 0.3) is 0 Å². The smallest absolute Gasteiger partial charge is 0.197 e. The van der Waals surface area contributed by atoms with Crippen molar-refractivity contribution in [3.8, 4) is 0 Å². The van der Waals surface area contributed by atoms with Crippen molar-refractivity contribution < 1.29 is 9.21 Å². The van der Waals surface area contributed by atoms with Crippen LogP contribution in [-0.2, 0) is 0 Å². The van der Waals surface area contributed by atoms with Crippen molar-refractivity contribution >= 4 is 16.6 Å². The fourth-order valence-corrected chi connectivity index (χ4v) is 2.31. The van der Waals surface area contributed by atoms with E-state index in [2.05, 4.69) is 4.98 Å². The quantitative estimate of drug-likeness (QED) is 0.652. The fourth-order valence-electron chi connectivity index (χ4n) is 2.31. The van der Waals surface area contributed by atoms with Crippen LogP contribution >= 0.6 is 0 Å². The minimum absolute atomic E-state index is 0.0204. The van der Waals surface area contributed by atoms with Crippen LogP contribution in [0.3, 0.4) is 0 Å². The number of ketones is 1. The molecule has 0 aliphatic heterocycles. The van der Waals surface area contributed by atoms with E-state index in [1.54, 1.807) is 18.5 Å². The van der Waals surface area contributed by atoms with Gasteiger partial charge in [-0.15, -0.1) is 0 Å². The summed E-state index contributed by atoms with van der Waals surface area (Å²) in [6.45, 7) is 3.65. The van der Waals surface area contributed by atoms with Gasteiger partial charge in [0.05, 0.1) is 5.56 Å². The summed E-state index contributed by atoms with van der Waals surface area (Å²) in [5.41, 5.74) is 1.28. The topological polar surface area (TPSA) is 43.1 Å². The maximum atomic E-state index is 12.6. The highest BCUT2D eigenvalue weighted by molar-refractivity contribution is 6.16. The van der Waals surface area contributed by atoms with Gasteiger partial charge in [-0.05, 0) is 31.4 Å². The van der Waals surface area contributed by atoms with Gasteiger partial charge in [-0.3, -0.25) is 9.78 Å². The molecule has 0 aliphatic carbocycles. The van der Waals surface area contributed by atoms with E-state index in [0.29, 0.717) is 16.9 Å². The zero-order valence-corrected chi connectivity index (χ0v) is 10.8. The summed E-state index contributed by atoms with van der Waals surface area (Å²) in [7, 11) is 0. The second-order valence-corrected chi connectivity index (χ2v) is 4.56. The van der Waals surface area contributed by atoms with Gasteiger partial charge in [-0.1, -0.05) is 18.2 Å². The summed E-state index contributed by atoms with van der Waals surface area (Å²) in [4.78, 5) is 16.7. The Morgan fingerprint density at radius 2 is 2.00 bits per heavy atom. The van der Waals surface area contributed by atoms with Crippen LogP contribution in [0.1, 0.15) is 27.4 Å². The van der Waals surface area contributed by atoms with Gasteiger partial charge in [0.1, 0.15) is 11.5 Å². The van der Waals surface area contributed by atoms with Crippen molar-refractivity contribution in [3.63, 3.8) is 0 Å². The monoisotopic (exact) mass is 251 g/mol. The van der Waals surface area contributed by atoms with Crippen molar-refractivity contribution in [2.45, 2.75) is 13.8 Å². The molecule has 3 heteroatoms. The number of benzene rings is 1. The minimum atomic E-state index is -0.0204. The van der Waals surface area contributed by atoms with E-state index in [-0.39, 0.29) is 5.78 Å². The van der Waals surface area contributed by atoms with Crippen LogP contribution in [0.5, 0.6) is 0 Å². The number of aromatic nitrogens is 1. The highest BCUT2D eigenvalue weighted by Crippen LogP contribution is 2.23. The molecule has 0 unspecified atom stereocenters. The molecule has 3 rings (SSSR count). The zero-order valence-electron chi connectivity index (χ0n) is 10.8. The summed E-state index contributed by atoms with van der Waals surface area (Å²) in [5, 5.41) is 1.88. The van der Waals surface area contributed by atoms with Gasteiger partial charge in [0.15, 0.2) is 5.78 Å². The summed E-state index contributed by atoms with van der Waals surface area (Å²) in [6.07, 6.45) is 3.45.